The minimum atomic E-state index is -0.953. The number of rotatable bonds is 22. The number of thiol groups is 2. The molecule has 0 amide bonds. The van der Waals surface area contributed by atoms with Crippen molar-refractivity contribution in [2.45, 2.75) is 61.4 Å². The van der Waals surface area contributed by atoms with E-state index in [1.165, 1.54) is 19.9 Å². The van der Waals surface area contributed by atoms with Crippen LogP contribution in [0.5, 0.6) is 0 Å². The van der Waals surface area contributed by atoms with Crippen molar-refractivity contribution in [3.8, 4) is 0 Å². The molecule has 0 aromatic heterocycles. The topological polar surface area (TPSA) is 270 Å². The summed E-state index contributed by atoms with van der Waals surface area (Å²) < 4.78 is 6.04. The normalized spacial score (nSPS) is 13.3. The van der Waals surface area contributed by atoms with Crippen LogP contribution in [0.1, 0.15) is 39.5 Å². The van der Waals surface area contributed by atoms with Crippen LogP contribution in [0.2, 0.25) is 0 Å². The molecular weight excluding hydrogens is 905 g/mol. The third-order valence-corrected chi connectivity index (χ3v) is 8.11. The fraction of sp³-hybridized carbons (Fsp3) is 0.769. The SMILES string of the molecule is CC(=O)S.CC(=O)SC(CC(=O)O)C[N+](C)(C)C.C[N+](C)(C)C/C=C/C(=O)O.C[N+](C)(C)CC(CC(=O)O)SN=O.C[N+](C)(C)CC(O)CC(=O)O.C[N+](C)(C)CC(S)CC(=O)O. The van der Waals surface area contributed by atoms with Crippen molar-refractivity contribution < 1.29 is 86.6 Å². The Bertz CT molecular complexity index is 1340. The van der Waals surface area contributed by atoms with Gasteiger partial charge in [-0.1, -0.05) is 11.8 Å². The van der Waals surface area contributed by atoms with Crippen molar-refractivity contribution in [3.05, 3.63) is 17.1 Å². The zero-order valence-corrected chi connectivity index (χ0v) is 44.1. The number of aliphatic hydroxyl groups is 1. The first kappa shape index (κ1) is 71.8. The predicted molar refractivity (Wildman–Crippen MR) is 258 cm³/mol. The first-order valence-corrected chi connectivity index (χ1v) is 22.0. The van der Waals surface area contributed by atoms with Gasteiger partial charge in [0, 0.05) is 36.5 Å². The quantitative estimate of drug-likeness (QED) is 0.0255. The van der Waals surface area contributed by atoms with Crippen LogP contribution >= 0.6 is 49.0 Å². The number of thioether (sulfide) groups is 1. The first-order chi connectivity index (χ1) is 27.8. The van der Waals surface area contributed by atoms with Gasteiger partial charge in [-0.3, -0.25) is 28.8 Å². The van der Waals surface area contributed by atoms with E-state index in [4.69, 9.17) is 30.6 Å². The molecule has 63 heavy (non-hydrogen) atoms. The van der Waals surface area contributed by atoms with Crippen LogP contribution in [0.25, 0.3) is 0 Å². The minimum Gasteiger partial charge on any atom is -0.481 e. The maximum absolute atomic E-state index is 10.9. The van der Waals surface area contributed by atoms with Crippen LogP contribution in [0.4, 0.5) is 0 Å². The molecule has 0 aromatic carbocycles. The fourth-order valence-corrected chi connectivity index (χ4v) is 7.17. The zero-order valence-electron chi connectivity index (χ0n) is 40.7. The van der Waals surface area contributed by atoms with E-state index >= 15 is 0 Å². The van der Waals surface area contributed by atoms with Gasteiger partial charge < -0.3 is 53.1 Å². The Morgan fingerprint density at radius 3 is 1.16 bits per heavy atom. The molecule has 0 spiro atoms. The summed E-state index contributed by atoms with van der Waals surface area (Å²) in [6, 6.07) is 0. The summed E-state index contributed by atoms with van der Waals surface area (Å²) in [7, 11) is 29.6. The largest absolute Gasteiger partial charge is 0.481 e. The number of hydrogen-bond acceptors (Lipinski definition) is 13. The summed E-state index contributed by atoms with van der Waals surface area (Å²) in [4.78, 5) is 81.5. The summed E-state index contributed by atoms with van der Waals surface area (Å²) in [6.45, 7) is 6.13. The molecule has 24 heteroatoms. The Morgan fingerprint density at radius 1 is 0.556 bits per heavy atom. The lowest BCUT2D eigenvalue weighted by Gasteiger charge is -2.27. The van der Waals surface area contributed by atoms with Crippen LogP contribution in [0, 0.1) is 4.91 Å². The molecule has 0 aliphatic rings. The molecule has 4 atom stereocenters. The standard InChI is InChI=1S/C9H17NO3S.C7H14N2O3S.C7H15NO3.C7H15NO2S.C7H13NO2.C2H4OS/c1-7(11)14-8(5-9(12)13)6-10(2,3)4;1-9(2,3)5-6(13-8-12)4-7(10)11;1-8(2,3)5-6(9)4-7(10)11;1-8(2,3)5-6(11)4-7(9)10;1-8(2,3)6-4-5-7(9)10;1-2(3)4/h8H,5-6H2,1-4H3;6H,4-5H2,1-3H3;6,9H,4-5H2,1-3H3;6H,4-5H2,1-3H3,(H-,9,10,11);4-5H,6H2,1-3H3;1H3,(H,3,4)/p+5/b;;;;5-4+;. The summed E-state index contributed by atoms with van der Waals surface area (Å²) >= 11 is 9.42. The fourth-order valence-electron chi connectivity index (χ4n) is 4.45. The van der Waals surface area contributed by atoms with Crippen LogP contribution < -0.4 is 0 Å². The van der Waals surface area contributed by atoms with Crippen molar-refractivity contribution in [1.82, 2.24) is 0 Å². The number of carboxylic acids is 5. The van der Waals surface area contributed by atoms with Gasteiger partial charge in [0.15, 0.2) is 10.2 Å². The van der Waals surface area contributed by atoms with Crippen molar-refractivity contribution in [2.24, 2.45) is 4.58 Å². The maximum Gasteiger partial charge on any atom is 0.328 e. The average Bonchev–Trinajstić information content (AvgIpc) is 2.91. The van der Waals surface area contributed by atoms with Crippen molar-refractivity contribution >= 4 is 89.0 Å². The van der Waals surface area contributed by atoms with E-state index < -0.39 is 36.0 Å². The second kappa shape index (κ2) is 36.4. The lowest BCUT2D eigenvalue weighted by atomic mass is 10.2. The molecule has 0 aromatic rings. The molecule has 0 rings (SSSR count). The van der Waals surface area contributed by atoms with E-state index in [1.54, 1.807) is 6.08 Å². The van der Waals surface area contributed by atoms with Crippen molar-refractivity contribution in [1.29, 1.82) is 0 Å². The summed E-state index contributed by atoms with van der Waals surface area (Å²) in [5, 5.41) is 50.7. The lowest BCUT2D eigenvalue weighted by molar-refractivity contribution is -0.873. The molecular formula is C39H83N6O14S4+5. The van der Waals surface area contributed by atoms with Gasteiger partial charge >= 0.3 is 29.8 Å². The zero-order chi connectivity index (χ0) is 51.8. The Morgan fingerprint density at radius 2 is 0.889 bits per heavy atom. The van der Waals surface area contributed by atoms with Crippen LogP contribution in [-0.4, -0.2) is 253 Å². The monoisotopic (exact) mass is 987 g/mol. The number of aliphatic carboxylic acids is 5. The lowest BCUT2D eigenvalue weighted by Crippen LogP contribution is -2.42. The molecule has 4 unspecified atom stereocenters. The van der Waals surface area contributed by atoms with E-state index in [0.717, 1.165) is 45.8 Å². The third kappa shape index (κ3) is 86.9. The number of carbonyl (C=O) groups excluding carboxylic acids is 2. The first-order valence-electron chi connectivity index (χ1n) is 19.3. The highest BCUT2D eigenvalue weighted by Crippen LogP contribution is 2.19. The summed E-state index contributed by atoms with van der Waals surface area (Å²) in [6.07, 6.45) is 2.07. The number of nitroso groups, excluding NO2 is 1. The van der Waals surface area contributed by atoms with Crippen LogP contribution in [-0.2, 0) is 33.6 Å². The molecule has 0 radical (unpaired) electrons. The number of nitrogens with zero attached hydrogens (tertiary/aromatic N) is 6. The van der Waals surface area contributed by atoms with Crippen molar-refractivity contribution in [3.63, 3.8) is 0 Å². The molecule has 20 nitrogen and oxygen atoms in total. The Kier molecular flexibility index (Phi) is 41.5. The van der Waals surface area contributed by atoms with E-state index in [-0.39, 0.29) is 51.7 Å². The molecule has 372 valence electrons. The van der Waals surface area contributed by atoms with Gasteiger partial charge in [0.05, 0.1) is 173 Å². The van der Waals surface area contributed by atoms with E-state index in [1.807, 2.05) is 106 Å². The van der Waals surface area contributed by atoms with Gasteiger partial charge in [-0.05, 0) is 6.08 Å². The molecule has 0 bridgehead atoms. The third-order valence-electron chi connectivity index (χ3n) is 6.08. The molecule has 0 saturated heterocycles. The van der Waals surface area contributed by atoms with E-state index in [2.05, 4.69) is 29.8 Å². The number of carboxylic acid groups (broad SMARTS) is 5. The molecule has 0 saturated carbocycles. The van der Waals surface area contributed by atoms with Crippen molar-refractivity contribution in [2.75, 3.05) is 138 Å². The summed E-state index contributed by atoms with van der Waals surface area (Å²) in [5.74, 6) is -4.36. The number of hydrogen-bond donors (Lipinski definition) is 8. The highest BCUT2D eigenvalue weighted by atomic mass is 32.2. The highest BCUT2D eigenvalue weighted by Gasteiger charge is 2.24. The summed E-state index contributed by atoms with van der Waals surface area (Å²) in [5.41, 5.74) is 0. The second-order valence-corrected chi connectivity index (χ2v) is 23.2. The van der Waals surface area contributed by atoms with Gasteiger partial charge in [-0.15, -0.1) is 17.5 Å². The van der Waals surface area contributed by atoms with E-state index in [9.17, 15) is 38.5 Å². The van der Waals surface area contributed by atoms with Crippen LogP contribution in [0.3, 0.4) is 0 Å². The minimum absolute atomic E-state index is 0.0219. The highest BCUT2D eigenvalue weighted by molar-refractivity contribution is 8.14. The molecule has 0 fully saturated rings. The Labute approximate surface area is 395 Å². The average molecular weight is 988 g/mol. The number of quaternary nitrogens is 5. The van der Waals surface area contributed by atoms with Gasteiger partial charge in [0.2, 0.25) is 0 Å². The Balaban J connectivity index is -0.000000158. The van der Waals surface area contributed by atoms with Crippen LogP contribution in [0.15, 0.2) is 16.7 Å². The van der Waals surface area contributed by atoms with Gasteiger partial charge in [-0.2, -0.15) is 12.6 Å². The maximum atomic E-state index is 10.9. The molecule has 0 heterocycles. The number of likely N-dealkylation sites (N-methyl/N-ethyl adjacent to an activating group) is 2. The van der Waals surface area contributed by atoms with Gasteiger partial charge in [-0.25, -0.2) is 4.79 Å². The second-order valence-electron chi connectivity index (χ2n) is 19.4. The molecule has 0 aliphatic heterocycles. The molecule has 0 aliphatic carbocycles. The smallest absolute Gasteiger partial charge is 0.328 e. The number of carbonyl (C=O) groups is 7. The predicted octanol–water partition coefficient (Wildman–Crippen LogP) is 2.56. The van der Waals surface area contributed by atoms with Gasteiger partial charge in [0.25, 0.3) is 0 Å². The Hall–Kier alpha value is -2.81. The molecule has 6 N–H and O–H groups in total. The van der Waals surface area contributed by atoms with E-state index in [0.29, 0.717) is 33.1 Å². The van der Waals surface area contributed by atoms with Gasteiger partial charge in [0.1, 0.15) is 12.6 Å². The number of aliphatic hydroxyl groups excluding tert-OH is 1.